The predicted molar refractivity (Wildman–Crippen MR) is 73.3 cm³/mol. The molecule has 0 fully saturated rings. The van der Waals surface area contributed by atoms with Crippen molar-refractivity contribution in [1.29, 1.82) is 0 Å². The van der Waals surface area contributed by atoms with Gasteiger partial charge in [0.25, 0.3) is 0 Å². The first-order chi connectivity index (χ1) is 8.58. The van der Waals surface area contributed by atoms with E-state index < -0.39 is 0 Å². The number of nitrogens with zero attached hydrogens (tertiary/aromatic N) is 2. The van der Waals surface area contributed by atoms with E-state index in [4.69, 9.17) is 10.3 Å². The molecule has 0 saturated carbocycles. The van der Waals surface area contributed by atoms with Crippen LogP contribution in [0.4, 0.5) is 0 Å². The number of aromatic nitrogens is 2. The van der Waals surface area contributed by atoms with Gasteiger partial charge in [0.2, 0.25) is 5.89 Å². The molecule has 0 aliphatic heterocycles. The quantitative estimate of drug-likeness (QED) is 0.943. The Labute approximate surface area is 115 Å². The standard InChI is InChI=1S/C13H16BrN3O/c1-8(9(2)15)13-16-12(17-18-13)7-10-5-3-4-6-11(10)14/h3-6,8-9H,7,15H2,1-2H3. The van der Waals surface area contributed by atoms with Crippen molar-refractivity contribution in [2.45, 2.75) is 32.2 Å². The summed E-state index contributed by atoms with van der Waals surface area (Å²) in [6.07, 6.45) is 0.649. The van der Waals surface area contributed by atoms with Crippen LogP contribution in [0.3, 0.4) is 0 Å². The maximum Gasteiger partial charge on any atom is 0.231 e. The predicted octanol–water partition coefficient (Wildman–Crippen LogP) is 2.87. The van der Waals surface area contributed by atoms with Crippen molar-refractivity contribution in [3.05, 3.63) is 46.0 Å². The van der Waals surface area contributed by atoms with Crippen molar-refractivity contribution in [2.75, 3.05) is 0 Å². The summed E-state index contributed by atoms with van der Waals surface area (Å²) in [6, 6.07) is 8.01. The fourth-order valence-electron chi connectivity index (χ4n) is 1.56. The van der Waals surface area contributed by atoms with Crippen LogP contribution in [0.25, 0.3) is 0 Å². The van der Waals surface area contributed by atoms with Crippen LogP contribution in [0.1, 0.15) is 37.0 Å². The third-order valence-corrected chi connectivity index (χ3v) is 3.74. The first-order valence-corrected chi connectivity index (χ1v) is 6.68. The molecule has 2 N–H and O–H groups in total. The van der Waals surface area contributed by atoms with Crippen LogP contribution in [0.2, 0.25) is 0 Å². The highest BCUT2D eigenvalue weighted by Crippen LogP contribution is 2.20. The molecule has 1 aromatic heterocycles. The van der Waals surface area contributed by atoms with Crippen molar-refractivity contribution in [2.24, 2.45) is 5.73 Å². The van der Waals surface area contributed by atoms with Crippen LogP contribution in [-0.4, -0.2) is 16.2 Å². The van der Waals surface area contributed by atoms with Crippen LogP contribution in [0.5, 0.6) is 0 Å². The molecule has 0 saturated heterocycles. The zero-order valence-corrected chi connectivity index (χ0v) is 12.0. The average Bonchev–Trinajstić information content (AvgIpc) is 2.79. The molecular weight excluding hydrogens is 294 g/mol. The molecule has 2 atom stereocenters. The molecule has 0 amide bonds. The summed E-state index contributed by atoms with van der Waals surface area (Å²) < 4.78 is 6.30. The molecule has 0 radical (unpaired) electrons. The molecule has 2 rings (SSSR count). The van der Waals surface area contributed by atoms with Crippen molar-refractivity contribution in [3.8, 4) is 0 Å². The minimum atomic E-state index is 0.00163. The van der Waals surface area contributed by atoms with Crippen LogP contribution >= 0.6 is 15.9 Å². The molecule has 4 nitrogen and oxygen atoms in total. The van der Waals surface area contributed by atoms with Crippen molar-refractivity contribution >= 4 is 15.9 Å². The second-order valence-electron chi connectivity index (χ2n) is 4.46. The summed E-state index contributed by atoms with van der Waals surface area (Å²) >= 11 is 3.51. The number of hydrogen-bond donors (Lipinski definition) is 1. The molecule has 96 valence electrons. The summed E-state index contributed by atoms with van der Waals surface area (Å²) in [7, 11) is 0. The SMILES string of the molecule is CC(N)C(C)c1nc(Cc2ccccc2Br)no1. The van der Waals surface area contributed by atoms with E-state index in [0.717, 1.165) is 10.0 Å². The van der Waals surface area contributed by atoms with E-state index >= 15 is 0 Å². The maximum atomic E-state index is 5.82. The Balaban J connectivity index is 2.14. The van der Waals surface area contributed by atoms with Gasteiger partial charge in [-0.25, -0.2) is 0 Å². The Hall–Kier alpha value is -1.20. The van der Waals surface area contributed by atoms with Crippen LogP contribution in [0.15, 0.2) is 33.3 Å². The monoisotopic (exact) mass is 309 g/mol. The van der Waals surface area contributed by atoms with Crippen molar-refractivity contribution in [1.82, 2.24) is 10.1 Å². The molecule has 0 spiro atoms. The molecule has 0 aliphatic rings. The van der Waals surface area contributed by atoms with Gasteiger partial charge in [-0.15, -0.1) is 0 Å². The Morgan fingerprint density at radius 1 is 1.33 bits per heavy atom. The minimum Gasteiger partial charge on any atom is -0.339 e. The summed E-state index contributed by atoms with van der Waals surface area (Å²) in [5, 5.41) is 3.99. The average molecular weight is 310 g/mol. The Bertz CT molecular complexity index is 524. The lowest BCUT2D eigenvalue weighted by molar-refractivity contribution is 0.343. The van der Waals surface area contributed by atoms with E-state index in [1.807, 2.05) is 38.1 Å². The molecule has 5 heteroatoms. The van der Waals surface area contributed by atoms with Gasteiger partial charge in [0.15, 0.2) is 5.82 Å². The molecular formula is C13H16BrN3O. The lowest BCUT2D eigenvalue weighted by Crippen LogP contribution is -2.22. The minimum absolute atomic E-state index is 0.00163. The van der Waals surface area contributed by atoms with Gasteiger partial charge in [0, 0.05) is 16.9 Å². The molecule has 2 aromatic rings. The van der Waals surface area contributed by atoms with Gasteiger partial charge >= 0.3 is 0 Å². The van der Waals surface area contributed by atoms with E-state index in [-0.39, 0.29) is 12.0 Å². The highest BCUT2D eigenvalue weighted by molar-refractivity contribution is 9.10. The second-order valence-corrected chi connectivity index (χ2v) is 5.32. The van der Waals surface area contributed by atoms with Crippen LogP contribution in [0, 0.1) is 0 Å². The van der Waals surface area contributed by atoms with Gasteiger partial charge in [0.1, 0.15) is 0 Å². The Morgan fingerprint density at radius 3 is 2.72 bits per heavy atom. The molecule has 0 bridgehead atoms. The molecule has 1 heterocycles. The van der Waals surface area contributed by atoms with E-state index in [9.17, 15) is 0 Å². The highest BCUT2D eigenvalue weighted by atomic mass is 79.9. The van der Waals surface area contributed by atoms with E-state index in [1.54, 1.807) is 0 Å². The van der Waals surface area contributed by atoms with Crippen LogP contribution < -0.4 is 5.73 Å². The zero-order valence-electron chi connectivity index (χ0n) is 10.4. The summed E-state index contributed by atoms with van der Waals surface area (Å²) in [5.41, 5.74) is 6.96. The normalized spacial score (nSPS) is 14.4. The number of hydrogen-bond acceptors (Lipinski definition) is 4. The first-order valence-electron chi connectivity index (χ1n) is 5.89. The number of rotatable bonds is 4. The summed E-state index contributed by atoms with van der Waals surface area (Å²) in [6.45, 7) is 3.92. The van der Waals surface area contributed by atoms with Gasteiger partial charge in [-0.05, 0) is 18.6 Å². The zero-order chi connectivity index (χ0) is 13.1. The molecule has 0 aliphatic carbocycles. The lowest BCUT2D eigenvalue weighted by atomic mass is 10.1. The smallest absolute Gasteiger partial charge is 0.231 e. The fourth-order valence-corrected chi connectivity index (χ4v) is 1.99. The fraction of sp³-hybridized carbons (Fsp3) is 0.385. The van der Waals surface area contributed by atoms with Crippen molar-refractivity contribution in [3.63, 3.8) is 0 Å². The van der Waals surface area contributed by atoms with E-state index in [2.05, 4.69) is 26.1 Å². The number of halogens is 1. The largest absolute Gasteiger partial charge is 0.339 e. The number of benzene rings is 1. The third-order valence-electron chi connectivity index (χ3n) is 2.97. The van der Waals surface area contributed by atoms with Crippen molar-refractivity contribution < 1.29 is 4.52 Å². The van der Waals surface area contributed by atoms with E-state index in [0.29, 0.717) is 18.1 Å². The van der Waals surface area contributed by atoms with E-state index in [1.165, 1.54) is 0 Å². The summed E-state index contributed by atoms with van der Waals surface area (Å²) in [5.74, 6) is 1.36. The Morgan fingerprint density at radius 2 is 2.06 bits per heavy atom. The van der Waals surface area contributed by atoms with Crippen LogP contribution in [-0.2, 0) is 6.42 Å². The highest BCUT2D eigenvalue weighted by Gasteiger charge is 2.18. The maximum absolute atomic E-state index is 5.82. The Kier molecular flexibility index (Phi) is 4.14. The molecule has 18 heavy (non-hydrogen) atoms. The van der Waals surface area contributed by atoms with Gasteiger partial charge in [-0.1, -0.05) is 46.2 Å². The topological polar surface area (TPSA) is 64.9 Å². The lowest BCUT2D eigenvalue weighted by Gasteiger charge is -2.09. The van der Waals surface area contributed by atoms with Gasteiger partial charge in [0.05, 0.1) is 5.92 Å². The second kappa shape index (κ2) is 5.63. The van der Waals surface area contributed by atoms with Gasteiger partial charge in [-0.3, -0.25) is 0 Å². The van der Waals surface area contributed by atoms with Gasteiger partial charge < -0.3 is 10.3 Å². The first kappa shape index (κ1) is 13.2. The molecule has 1 aromatic carbocycles. The molecule has 2 unspecified atom stereocenters. The van der Waals surface area contributed by atoms with Gasteiger partial charge in [-0.2, -0.15) is 4.98 Å². The summed E-state index contributed by atoms with van der Waals surface area (Å²) in [4.78, 5) is 4.39. The number of nitrogens with two attached hydrogens (primary N) is 1. The third kappa shape index (κ3) is 2.97.